The van der Waals surface area contributed by atoms with Gasteiger partial charge < -0.3 is 5.32 Å². The molecule has 1 heterocycles. The second kappa shape index (κ2) is 5.89. The fourth-order valence-corrected chi connectivity index (χ4v) is 2.31. The molecule has 0 atom stereocenters. The van der Waals surface area contributed by atoms with Crippen LogP contribution in [0.5, 0.6) is 0 Å². The van der Waals surface area contributed by atoms with E-state index in [4.69, 9.17) is 0 Å². The third-order valence-corrected chi connectivity index (χ3v) is 3.43. The first-order valence-electron chi connectivity index (χ1n) is 6.78. The van der Waals surface area contributed by atoms with Gasteiger partial charge in [-0.25, -0.2) is 4.68 Å². The van der Waals surface area contributed by atoms with Crippen LogP contribution in [-0.4, -0.2) is 16.3 Å². The van der Waals surface area contributed by atoms with Crippen LogP contribution in [0.1, 0.15) is 29.4 Å². The van der Waals surface area contributed by atoms with Crippen molar-refractivity contribution < 1.29 is 13.2 Å². The average Bonchev–Trinajstić information content (AvgIpc) is 2.71. The van der Waals surface area contributed by atoms with Gasteiger partial charge in [0.15, 0.2) is 0 Å². The normalized spacial score (nSPS) is 11.9. The van der Waals surface area contributed by atoms with Gasteiger partial charge in [-0.1, -0.05) is 19.1 Å². The summed E-state index contributed by atoms with van der Waals surface area (Å²) in [5.74, 6) is 0. The van der Waals surface area contributed by atoms with Crippen LogP contribution >= 0.6 is 0 Å². The number of nitrogens with zero attached hydrogens (tertiary/aromatic N) is 2. The van der Waals surface area contributed by atoms with E-state index in [1.54, 1.807) is 13.0 Å². The van der Waals surface area contributed by atoms with Crippen LogP contribution < -0.4 is 5.32 Å². The molecule has 0 saturated heterocycles. The number of hydrogen-bond donors (Lipinski definition) is 1. The number of hydrogen-bond acceptors (Lipinski definition) is 2. The van der Waals surface area contributed by atoms with Gasteiger partial charge in [0.2, 0.25) is 0 Å². The SMILES string of the molecule is CCNCc1c(C)nn(-c2ccccc2C(F)(F)F)c1C. The summed E-state index contributed by atoms with van der Waals surface area (Å²) in [7, 11) is 0. The van der Waals surface area contributed by atoms with Crippen molar-refractivity contribution in [1.82, 2.24) is 15.1 Å². The second-order valence-corrected chi connectivity index (χ2v) is 4.86. The smallest absolute Gasteiger partial charge is 0.313 e. The first kappa shape index (κ1) is 15.6. The summed E-state index contributed by atoms with van der Waals surface area (Å²) in [6.07, 6.45) is -4.40. The van der Waals surface area contributed by atoms with E-state index in [1.165, 1.54) is 16.8 Å². The largest absolute Gasteiger partial charge is 0.418 e. The molecule has 0 radical (unpaired) electrons. The summed E-state index contributed by atoms with van der Waals surface area (Å²) in [6, 6.07) is 5.50. The van der Waals surface area contributed by atoms with E-state index in [0.717, 1.165) is 29.6 Å². The maximum atomic E-state index is 13.1. The van der Waals surface area contributed by atoms with Crippen molar-refractivity contribution in [3.8, 4) is 5.69 Å². The molecule has 1 aromatic heterocycles. The summed E-state index contributed by atoms with van der Waals surface area (Å²) in [4.78, 5) is 0. The molecule has 0 amide bonds. The number of para-hydroxylation sites is 1. The quantitative estimate of drug-likeness (QED) is 0.934. The molecule has 0 aliphatic carbocycles. The zero-order chi connectivity index (χ0) is 15.6. The topological polar surface area (TPSA) is 29.9 Å². The van der Waals surface area contributed by atoms with Crippen LogP contribution in [0.4, 0.5) is 13.2 Å². The van der Waals surface area contributed by atoms with Gasteiger partial charge in [0.05, 0.1) is 16.9 Å². The van der Waals surface area contributed by atoms with E-state index in [2.05, 4.69) is 10.4 Å². The fraction of sp³-hybridized carbons (Fsp3) is 0.400. The molecular formula is C15H18F3N3. The summed E-state index contributed by atoms with van der Waals surface area (Å²) in [6.45, 7) is 6.98. The molecule has 21 heavy (non-hydrogen) atoms. The molecule has 114 valence electrons. The van der Waals surface area contributed by atoms with Crippen molar-refractivity contribution in [3.63, 3.8) is 0 Å². The third kappa shape index (κ3) is 3.10. The molecule has 3 nitrogen and oxygen atoms in total. The Balaban J connectivity index is 2.54. The van der Waals surface area contributed by atoms with E-state index < -0.39 is 11.7 Å². The van der Waals surface area contributed by atoms with Gasteiger partial charge in [0.1, 0.15) is 0 Å². The minimum absolute atomic E-state index is 0.0633. The number of aromatic nitrogens is 2. The molecule has 0 saturated carbocycles. The number of aryl methyl sites for hydroxylation is 1. The number of halogens is 3. The van der Waals surface area contributed by atoms with E-state index in [-0.39, 0.29) is 5.69 Å². The van der Waals surface area contributed by atoms with Gasteiger partial charge in [-0.3, -0.25) is 0 Å². The molecule has 2 aromatic rings. The summed E-state index contributed by atoms with van der Waals surface area (Å²) in [5.41, 5.74) is 1.79. The zero-order valence-electron chi connectivity index (χ0n) is 12.3. The van der Waals surface area contributed by atoms with Crippen LogP contribution in [-0.2, 0) is 12.7 Å². The molecule has 0 aliphatic rings. The second-order valence-electron chi connectivity index (χ2n) is 4.86. The fourth-order valence-electron chi connectivity index (χ4n) is 2.31. The number of nitrogens with one attached hydrogen (secondary N) is 1. The first-order valence-corrected chi connectivity index (χ1v) is 6.78. The van der Waals surface area contributed by atoms with Gasteiger partial charge in [-0.05, 0) is 32.5 Å². The minimum Gasteiger partial charge on any atom is -0.313 e. The summed E-state index contributed by atoms with van der Waals surface area (Å²) < 4.78 is 40.7. The van der Waals surface area contributed by atoms with E-state index in [9.17, 15) is 13.2 Å². The Morgan fingerprint density at radius 3 is 2.48 bits per heavy atom. The number of rotatable bonds is 4. The highest BCUT2D eigenvalue weighted by Gasteiger charge is 2.34. The molecule has 1 aromatic carbocycles. The summed E-state index contributed by atoms with van der Waals surface area (Å²) >= 11 is 0. The van der Waals surface area contributed by atoms with Gasteiger partial charge in [-0.2, -0.15) is 18.3 Å². The van der Waals surface area contributed by atoms with Crippen molar-refractivity contribution in [2.24, 2.45) is 0 Å². The first-order chi connectivity index (χ1) is 9.86. The van der Waals surface area contributed by atoms with Crippen molar-refractivity contribution in [2.75, 3.05) is 6.54 Å². The molecule has 2 rings (SSSR count). The van der Waals surface area contributed by atoms with E-state index in [0.29, 0.717) is 6.54 Å². The maximum Gasteiger partial charge on any atom is 0.418 e. The molecule has 0 spiro atoms. The lowest BCUT2D eigenvalue weighted by molar-refractivity contribution is -0.137. The van der Waals surface area contributed by atoms with Gasteiger partial charge >= 0.3 is 6.18 Å². The Hall–Kier alpha value is -1.82. The third-order valence-electron chi connectivity index (χ3n) is 3.43. The predicted octanol–water partition coefficient (Wildman–Crippen LogP) is 3.62. The lowest BCUT2D eigenvalue weighted by Crippen LogP contribution is -2.14. The lowest BCUT2D eigenvalue weighted by atomic mass is 10.1. The van der Waals surface area contributed by atoms with E-state index >= 15 is 0 Å². The average molecular weight is 297 g/mol. The molecular weight excluding hydrogens is 279 g/mol. The minimum atomic E-state index is -4.40. The summed E-state index contributed by atoms with van der Waals surface area (Å²) in [5, 5.41) is 7.46. The Kier molecular flexibility index (Phi) is 4.37. The highest BCUT2D eigenvalue weighted by Crippen LogP contribution is 2.34. The monoisotopic (exact) mass is 297 g/mol. The van der Waals surface area contributed by atoms with Crippen molar-refractivity contribution >= 4 is 0 Å². The lowest BCUT2D eigenvalue weighted by Gasteiger charge is -2.14. The Morgan fingerprint density at radius 1 is 1.19 bits per heavy atom. The number of benzene rings is 1. The van der Waals surface area contributed by atoms with Crippen LogP contribution in [0.2, 0.25) is 0 Å². The Morgan fingerprint density at radius 2 is 1.86 bits per heavy atom. The standard InChI is InChI=1S/C15H18F3N3/c1-4-19-9-12-10(2)20-21(11(12)3)14-8-6-5-7-13(14)15(16,17)18/h5-8,19H,4,9H2,1-3H3. The van der Waals surface area contributed by atoms with Gasteiger partial charge in [0, 0.05) is 17.8 Å². The number of alkyl halides is 3. The molecule has 0 bridgehead atoms. The highest BCUT2D eigenvalue weighted by atomic mass is 19.4. The van der Waals surface area contributed by atoms with Crippen molar-refractivity contribution in [2.45, 2.75) is 33.5 Å². The molecule has 0 fully saturated rings. The molecule has 0 aliphatic heterocycles. The Bertz CT molecular complexity index is 630. The molecule has 6 heteroatoms. The highest BCUT2D eigenvalue weighted by molar-refractivity contribution is 5.45. The van der Waals surface area contributed by atoms with Crippen LogP contribution in [0, 0.1) is 13.8 Å². The van der Waals surface area contributed by atoms with Crippen LogP contribution in [0.15, 0.2) is 24.3 Å². The maximum absolute atomic E-state index is 13.1. The van der Waals surface area contributed by atoms with Crippen LogP contribution in [0.25, 0.3) is 5.69 Å². The van der Waals surface area contributed by atoms with Gasteiger partial charge in [-0.15, -0.1) is 0 Å². The molecule has 0 unspecified atom stereocenters. The van der Waals surface area contributed by atoms with Crippen LogP contribution in [0.3, 0.4) is 0 Å². The zero-order valence-corrected chi connectivity index (χ0v) is 12.3. The predicted molar refractivity (Wildman–Crippen MR) is 75.4 cm³/mol. The molecule has 1 N–H and O–H groups in total. The Labute approximate surface area is 121 Å². The van der Waals surface area contributed by atoms with E-state index in [1.807, 2.05) is 13.8 Å². The van der Waals surface area contributed by atoms with Crippen molar-refractivity contribution in [1.29, 1.82) is 0 Å². The van der Waals surface area contributed by atoms with Crippen molar-refractivity contribution in [3.05, 3.63) is 46.8 Å². The van der Waals surface area contributed by atoms with Gasteiger partial charge in [0.25, 0.3) is 0 Å².